The Hall–Kier alpha value is -2.70. The number of anilines is 1. The minimum Gasteiger partial charge on any atom is -0.379 e. The molecule has 6 heteroatoms. The Morgan fingerprint density at radius 1 is 1.00 bits per heavy atom. The number of carbonyl (C=O) groups excluding carboxylic acids is 2. The molecule has 152 valence electrons. The van der Waals surface area contributed by atoms with Crippen LogP contribution >= 0.6 is 0 Å². The lowest BCUT2D eigenvalue weighted by Crippen LogP contribution is -2.36. The summed E-state index contributed by atoms with van der Waals surface area (Å²) in [5, 5.41) is 3.07. The van der Waals surface area contributed by atoms with Crippen LogP contribution in [-0.2, 0) is 27.4 Å². The highest BCUT2D eigenvalue weighted by atomic mass is 16.5. The van der Waals surface area contributed by atoms with Crippen molar-refractivity contribution < 1.29 is 14.3 Å². The van der Waals surface area contributed by atoms with Gasteiger partial charge in [0, 0.05) is 44.8 Å². The second-order valence-corrected chi connectivity index (χ2v) is 7.70. The Balaban J connectivity index is 1.37. The van der Waals surface area contributed by atoms with Crippen molar-refractivity contribution in [2.24, 2.45) is 5.92 Å². The van der Waals surface area contributed by atoms with Gasteiger partial charge in [0.2, 0.25) is 11.8 Å². The van der Waals surface area contributed by atoms with Crippen LogP contribution in [-0.4, -0.2) is 54.5 Å². The van der Waals surface area contributed by atoms with Gasteiger partial charge >= 0.3 is 0 Å². The van der Waals surface area contributed by atoms with E-state index >= 15 is 0 Å². The third kappa shape index (κ3) is 5.02. The van der Waals surface area contributed by atoms with Crippen LogP contribution in [0, 0.1) is 5.92 Å². The summed E-state index contributed by atoms with van der Waals surface area (Å²) in [5.41, 5.74) is 3.00. The van der Waals surface area contributed by atoms with Crippen molar-refractivity contribution in [3.63, 3.8) is 0 Å². The van der Waals surface area contributed by atoms with Crippen molar-refractivity contribution in [2.75, 3.05) is 38.2 Å². The second kappa shape index (κ2) is 9.20. The molecular formula is C23H27N3O3. The molecule has 2 aliphatic heterocycles. The summed E-state index contributed by atoms with van der Waals surface area (Å²) >= 11 is 0. The van der Waals surface area contributed by atoms with E-state index in [4.69, 9.17) is 4.74 Å². The number of rotatable bonds is 6. The fourth-order valence-corrected chi connectivity index (χ4v) is 3.92. The Morgan fingerprint density at radius 3 is 2.52 bits per heavy atom. The fourth-order valence-electron chi connectivity index (χ4n) is 3.92. The maximum atomic E-state index is 12.9. The molecule has 0 saturated carbocycles. The minimum atomic E-state index is -0.317. The number of morpholine rings is 1. The average Bonchev–Trinajstić information content (AvgIpc) is 3.11. The first-order valence-corrected chi connectivity index (χ1v) is 10.2. The lowest BCUT2D eigenvalue weighted by atomic mass is 10.1. The number of hydrogen-bond donors (Lipinski definition) is 1. The zero-order valence-corrected chi connectivity index (χ0v) is 16.5. The van der Waals surface area contributed by atoms with Gasteiger partial charge in [0.15, 0.2) is 0 Å². The van der Waals surface area contributed by atoms with Gasteiger partial charge in [-0.2, -0.15) is 0 Å². The molecular weight excluding hydrogens is 366 g/mol. The predicted octanol–water partition coefficient (Wildman–Crippen LogP) is 2.51. The molecule has 0 aliphatic carbocycles. The molecule has 0 spiro atoms. The Labute approximate surface area is 171 Å². The molecule has 6 nitrogen and oxygen atoms in total. The first kappa shape index (κ1) is 19.6. The fraction of sp³-hybridized carbons (Fsp3) is 0.391. The topological polar surface area (TPSA) is 61.9 Å². The molecule has 1 atom stereocenters. The van der Waals surface area contributed by atoms with Gasteiger partial charge in [0.25, 0.3) is 0 Å². The van der Waals surface area contributed by atoms with Crippen LogP contribution in [0.15, 0.2) is 54.6 Å². The van der Waals surface area contributed by atoms with Crippen molar-refractivity contribution >= 4 is 17.5 Å². The Kier molecular flexibility index (Phi) is 6.22. The highest BCUT2D eigenvalue weighted by Crippen LogP contribution is 2.24. The molecule has 0 radical (unpaired) electrons. The van der Waals surface area contributed by atoms with Crippen molar-refractivity contribution in [3.05, 3.63) is 65.7 Å². The molecule has 1 N–H and O–H groups in total. The van der Waals surface area contributed by atoms with E-state index < -0.39 is 0 Å². The summed E-state index contributed by atoms with van der Waals surface area (Å²) in [7, 11) is 0. The van der Waals surface area contributed by atoms with Crippen molar-refractivity contribution in [1.29, 1.82) is 0 Å². The van der Waals surface area contributed by atoms with Gasteiger partial charge in [-0.25, -0.2) is 0 Å². The SMILES string of the molecule is O=C(Nc1ccccc1CN1CCOCC1)C1CC(=O)N(Cc2ccccc2)C1. The van der Waals surface area contributed by atoms with Crippen LogP contribution in [0.1, 0.15) is 17.5 Å². The maximum Gasteiger partial charge on any atom is 0.229 e. The second-order valence-electron chi connectivity index (χ2n) is 7.70. The highest BCUT2D eigenvalue weighted by molar-refractivity contribution is 5.97. The Bertz CT molecular complexity index is 849. The molecule has 4 rings (SSSR count). The van der Waals surface area contributed by atoms with Gasteiger partial charge < -0.3 is 15.0 Å². The molecule has 2 saturated heterocycles. The van der Waals surface area contributed by atoms with Gasteiger partial charge in [-0.15, -0.1) is 0 Å². The van der Waals surface area contributed by atoms with Crippen molar-refractivity contribution in [1.82, 2.24) is 9.80 Å². The normalized spacial score (nSPS) is 20.1. The van der Waals surface area contributed by atoms with Crippen LogP contribution in [0.4, 0.5) is 5.69 Å². The minimum absolute atomic E-state index is 0.0376. The predicted molar refractivity (Wildman–Crippen MR) is 111 cm³/mol. The standard InChI is InChI=1S/C23H27N3O3/c27-22-14-20(17-26(22)15-18-6-2-1-3-7-18)23(28)24-21-9-5-4-8-19(21)16-25-10-12-29-13-11-25/h1-9,20H,10-17H2,(H,24,28). The molecule has 2 amide bonds. The molecule has 2 aliphatic rings. The summed E-state index contributed by atoms with van der Waals surface area (Å²) in [6.45, 7) is 5.08. The van der Waals surface area contributed by atoms with Crippen molar-refractivity contribution in [2.45, 2.75) is 19.5 Å². The third-order valence-corrected chi connectivity index (χ3v) is 5.57. The lowest BCUT2D eigenvalue weighted by molar-refractivity contribution is -0.128. The average molecular weight is 393 g/mol. The van der Waals surface area contributed by atoms with Crippen LogP contribution in [0.5, 0.6) is 0 Å². The zero-order chi connectivity index (χ0) is 20.1. The zero-order valence-electron chi connectivity index (χ0n) is 16.5. The maximum absolute atomic E-state index is 12.9. The number of ether oxygens (including phenoxy) is 1. The molecule has 2 aromatic carbocycles. The number of carbonyl (C=O) groups is 2. The van der Waals surface area contributed by atoms with E-state index in [0.29, 0.717) is 13.1 Å². The highest BCUT2D eigenvalue weighted by Gasteiger charge is 2.34. The van der Waals surface area contributed by atoms with E-state index in [9.17, 15) is 9.59 Å². The number of nitrogens with zero attached hydrogens (tertiary/aromatic N) is 2. The van der Waals surface area contributed by atoms with E-state index in [1.807, 2.05) is 54.6 Å². The van der Waals surface area contributed by atoms with Gasteiger partial charge in [-0.3, -0.25) is 14.5 Å². The first-order chi connectivity index (χ1) is 14.2. The Morgan fingerprint density at radius 2 is 1.72 bits per heavy atom. The number of likely N-dealkylation sites (tertiary alicyclic amines) is 1. The van der Waals surface area contributed by atoms with Crippen molar-refractivity contribution in [3.8, 4) is 0 Å². The molecule has 1 unspecified atom stereocenters. The molecule has 2 heterocycles. The van der Waals surface area contributed by atoms with E-state index in [1.165, 1.54) is 0 Å². The van der Waals surface area contributed by atoms with Crippen LogP contribution < -0.4 is 5.32 Å². The quantitative estimate of drug-likeness (QED) is 0.819. The number of nitrogens with one attached hydrogen (secondary N) is 1. The first-order valence-electron chi connectivity index (χ1n) is 10.2. The lowest BCUT2D eigenvalue weighted by Gasteiger charge is -2.27. The van der Waals surface area contributed by atoms with Gasteiger partial charge in [-0.05, 0) is 17.2 Å². The van der Waals surface area contributed by atoms with E-state index in [-0.39, 0.29) is 24.2 Å². The van der Waals surface area contributed by atoms with Crippen LogP contribution in [0.3, 0.4) is 0 Å². The third-order valence-electron chi connectivity index (χ3n) is 5.57. The molecule has 29 heavy (non-hydrogen) atoms. The van der Waals surface area contributed by atoms with Crippen LogP contribution in [0.25, 0.3) is 0 Å². The van der Waals surface area contributed by atoms with Gasteiger partial charge in [0.1, 0.15) is 0 Å². The van der Waals surface area contributed by atoms with E-state index in [2.05, 4.69) is 10.2 Å². The summed E-state index contributed by atoms with van der Waals surface area (Å²) in [4.78, 5) is 29.4. The summed E-state index contributed by atoms with van der Waals surface area (Å²) in [5.74, 6) is -0.360. The van der Waals surface area contributed by atoms with E-state index in [0.717, 1.165) is 49.7 Å². The smallest absolute Gasteiger partial charge is 0.229 e. The molecule has 2 fully saturated rings. The number of amides is 2. The summed E-state index contributed by atoms with van der Waals surface area (Å²) < 4.78 is 5.41. The van der Waals surface area contributed by atoms with Gasteiger partial charge in [0.05, 0.1) is 19.1 Å². The molecule has 0 bridgehead atoms. The number of para-hydroxylation sites is 1. The summed E-state index contributed by atoms with van der Waals surface area (Å²) in [6.07, 6.45) is 0.268. The van der Waals surface area contributed by atoms with Gasteiger partial charge in [-0.1, -0.05) is 48.5 Å². The van der Waals surface area contributed by atoms with E-state index in [1.54, 1.807) is 4.90 Å². The number of benzene rings is 2. The summed E-state index contributed by atoms with van der Waals surface area (Å²) in [6, 6.07) is 17.8. The molecule has 0 aromatic heterocycles. The number of hydrogen-bond acceptors (Lipinski definition) is 4. The monoisotopic (exact) mass is 393 g/mol. The molecule has 2 aromatic rings. The van der Waals surface area contributed by atoms with Crippen LogP contribution in [0.2, 0.25) is 0 Å². The largest absolute Gasteiger partial charge is 0.379 e.